The van der Waals surface area contributed by atoms with Crippen LogP contribution in [0.1, 0.15) is 128 Å². The molecule has 0 aliphatic heterocycles. The Hall–Kier alpha value is -1.06. The van der Waals surface area contributed by atoms with Crippen molar-refractivity contribution in [2.24, 2.45) is 23.7 Å². The maximum Gasteiger partial charge on any atom is 0.309 e. The predicted molar refractivity (Wildman–Crippen MR) is 126 cm³/mol. The van der Waals surface area contributed by atoms with E-state index < -0.39 is 0 Å². The molecule has 4 nitrogen and oxygen atoms in total. The van der Waals surface area contributed by atoms with Gasteiger partial charge in [0.1, 0.15) is 12.2 Å². The van der Waals surface area contributed by atoms with E-state index in [1.54, 1.807) is 0 Å². The van der Waals surface area contributed by atoms with Gasteiger partial charge >= 0.3 is 11.9 Å². The monoisotopic (exact) mass is 446 g/mol. The first-order valence-electron chi connectivity index (χ1n) is 14.1. The largest absolute Gasteiger partial charge is 0.462 e. The normalized spacial score (nSPS) is 32.9. The zero-order valence-electron chi connectivity index (χ0n) is 20.2. The fraction of sp³-hybridized carbons (Fsp3) is 0.929. The molecular weight excluding hydrogens is 400 g/mol. The van der Waals surface area contributed by atoms with Crippen molar-refractivity contribution in [3.63, 3.8) is 0 Å². The molecule has 182 valence electrons. The smallest absolute Gasteiger partial charge is 0.309 e. The summed E-state index contributed by atoms with van der Waals surface area (Å²) in [6, 6.07) is 0. The molecule has 0 heterocycles. The van der Waals surface area contributed by atoms with Gasteiger partial charge in [-0.2, -0.15) is 0 Å². The molecule has 0 bridgehead atoms. The molecular formula is C28H46O4. The Morgan fingerprint density at radius 1 is 0.469 bits per heavy atom. The third-order valence-corrected chi connectivity index (χ3v) is 9.01. The van der Waals surface area contributed by atoms with Crippen LogP contribution in [0.15, 0.2) is 0 Å². The molecule has 0 N–H and O–H groups in total. The molecule has 0 amide bonds. The molecule has 4 fully saturated rings. The maximum atomic E-state index is 12.7. The second kappa shape index (κ2) is 12.4. The number of hydrogen-bond donors (Lipinski definition) is 0. The van der Waals surface area contributed by atoms with Crippen molar-refractivity contribution in [1.82, 2.24) is 0 Å². The quantitative estimate of drug-likeness (QED) is 0.390. The number of esters is 2. The van der Waals surface area contributed by atoms with E-state index in [4.69, 9.17) is 9.47 Å². The van der Waals surface area contributed by atoms with Crippen molar-refractivity contribution < 1.29 is 19.1 Å². The second-order valence-electron chi connectivity index (χ2n) is 11.4. The van der Waals surface area contributed by atoms with Gasteiger partial charge in [-0.1, -0.05) is 51.4 Å². The van der Waals surface area contributed by atoms with Gasteiger partial charge in [0.2, 0.25) is 0 Å². The van der Waals surface area contributed by atoms with E-state index in [1.165, 1.54) is 77.0 Å². The van der Waals surface area contributed by atoms with Crippen molar-refractivity contribution in [2.75, 3.05) is 0 Å². The molecule has 0 atom stereocenters. The highest BCUT2D eigenvalue weighted by molar-refractivity contribution is 5.73. The highest BCUT2D eigenvalue weighted by Crippen LogP contribution is 2.36. The molecule has 0 saturated heterocycles. The summed E-state index contributed by atoms with van der Waals surface area (Å²) in [5, 5.41) is 0. The summed E-state index contributed by atoms with van der Waals surface area (Å²) in [7, 11) is 0. The van der Waals surface area contributed by atoms with Gasteiger partial charge < -0.3 is 9.47 Å². The Labute approximate surface area is 195 Å². The Kier molecular flexibility index (Phi) is 9.34. The number of hydrogen-bond acceptors (Lipinski definition) is 4. The minimum Gasteiger partial charge on any atom is -0.462 e. The van der Waals surface area contributed by atoms with Crippen LogP contribution in [0.4, 0.5) is 0 Å². The first-order valence-corrected chi connectivity index (χ1v) is 14.1. The lowest BCUT2D eigenvalue weighted by atomic mass is 9.77. The number of ether oxygens (including phenoxy) is 2. The summed E-state index contributed by atoms with van der Waals surface area (Å²) >= 11 is 0. The third kappa shape index (κ3) is 7.22. The van der Waals surface area contributed by atoms with Crippen molar-refractivity contribution >= 4 is 11.9 Å². The first-order chi connectivity index (χ1) is 15.7. The summed E-state index contributed by atoms with van der Waals surface area (Å²) in [4.78, 5) is 25.2. The lowest BCUT2D eigenvalue weighted by molar-refractivity contribution is -0.161. The zero-order chi connectivity index (χ0) is 22.2. The molecule has 0 radical (unpaired) electrons. The summed E-state index contributed by atoms with van der Waals surface area (Å²) < 4.78 is 11.7. The maximum absolute atomic E-state index is 12.7. The van der Waals surface area contributed by atoms with Gasteiger partial charge in [-0.3, -0.25) is 9.59 Å². The van der Waals surface area contributed by atoms with E-state index in [2.05, 4.69) is 0 Å². The molecule has 0 aromatic rings. The van der Waals surface area contributed by atoms with Crippen LogP contribution in [0.2, 0.25) is 0 Å². The van der Waals surface area contributed by atoms with Crippen LogP contribution in [0.5, 0.6) is 0 Å². The first kappa shape index (κ1) is 24.1. The Morgan fingerprint density at radius 3 is 1.41 bits per heavy atom. The van der Waals surface area contributed by atoms with E-state index >= 15 is 0 Å². The van der Waals surface area contributed by atoms with Crippen molar-refractivity contribution in [3.8, 4) is 0 Å². The van der Waals surface area contributed by atoms with Crippen LogP contribution in [-0.4, -0.2) is 24.1 Å². The highest BCUT2D eigenvalue weighted by atomic mass is 16.5. The Balaban J connectivity index is 1.09. The van der Waals surface area contributed by atoms with Crippen molar-refractivity contribution in [2.45, 2.75) is 141 Å². The minimum absolute atomic E-state index is 0.00487. The van der Waals surface area contributed by atoms with Crippen LogP contribution < -0.4 is 0 Å². The fourth-order valence-electron chi connectivity index (χ4n) is 6.75. The van der Waals surface area contributed by atoms with Crippen LogP contribution >= 0.6 is 0 Å². The van der Waals surface area contributed by atoms with Crippen molar-refractivity contribution in [3.05, 3.63) is 0 Å². The molecule has 4 rings (SSSR count). The van der Waals surface area contributed by atoms with E-state index in [0.717, 1.165) is 63.2 Å². The molecule has 4 aliphatic rings. The second-order valence-corrected chi connectivity index (χ2v) is 11.4. The Bertz CT molecular complexity index is 574. The van der Waals surface area contributed by atoms with E-state index in [9.17, 15) is 9.59 Å². The molecule has 4 heteroatoms. The molecule has 0 spiro atoms. The fourth-order valence-corrected chi connectivity index (χ4v) is 6.75. The van der Waals surface area contributed by atoms with Gasteiger partial charge in [0.05, 0.1) is 11.8 Å². The summed E-state index contributed by atoms with van der Waals surface area (Å²) in [5.74, 6) is 1.94. The molecule has 4 saturated carbocycles. The third-order valence-electron chi connectivity index (χ3n) is 9.01. The topological polar surface area (TPSA) is 52.6 Å². The van der Waals surface area contributed by atoms with Crippen LogP contribution in [0.25, 0.3) is 0 Å². The van der Waals surface area contributed by atoms with Gasteiger partial charge in [-0.15, -0.1) is 0 Å². The lowest BCUT2D eigenvalue weighted by Crippen LogP contribution is -2.33. The van der Waals surface area contributed by atoms with E-state index in [0.29, 0.717) is 0 Å². The number of carbonyl (C=O) groups is 2. The van der Waals surface area contributed by atoms with Crippen LogP contribution in [0.3, 0.4) is 0 Å². The SMILES string of the molecule is O=C(OC1CCC(C(=O)OC2CCCCC2)CC1)C1CCC(CCC2CCCCC2)CC1. The van der Waals surface area contributed by atoms with Gasteiger partial charge in [0.25, 0.3) is 0 Å². The van der Waals surface area contributed by atoms with Gasteiger partial charge in [0, 0.05) is 0 Å². The molecule has 0 aromatic carbocycles. The number of rotatable bonds is 7. The summed E-state index contributed by atoms with van der Waals surface area (Å²) in [6.45, 7) is 0. The molecule has 4 aliphatic carbocycles. The van der Waals surface area contributed by atoms with Crippen molar-refractivity contribution in [1.29, 1.82) is 0 Å². The summed E-state index contributed by atoms with van der Waals surface area (Å²) in [6.07, 6.45) is 23.5. The van der Waals surface area contributed by atoms with Crippen LogP contribution in [0, 0.1) is 23.7 Å². The average Bonchev–Trinajstić information content (AvgIpc) is 2.85. The molecule has 0 aromatic heterocycles. The molecule has 32 heavy (non-hydrogen) atoms. The standard InChI is InChI=1S/C28H46O4/c29-27(23-15-13-22(14-16-23)12-11-21-7-3-1-4-8-21)32-26-19-17-24(18-20-26)28(30)31-25-9-5-2-6-10-25/h21-26H,1-20H2. The summed E-state index contributed by atoms with van der Waals surface area (Å²) in [5.41, 5.74) is 0. The number of carbonyl (C=O) groups excluding carboxylic acids is 2. The average molecular weight is 447 g/mol. The van der Waals surface area contributed by atoms with Gasteiger partial charge in [0.15, 0.2) is 0 Å². The van der Waals surface area contributed by atoms with Gasteiger partial charge in [-0.25, -0.2) is 0 Å². The molecule has 0 unspecified atom stereocenters. The van der Waals surface area contributed by atoms with Crippen LogP contribution in [-0.2, 0) is 19.1 Å². The lowest BCUT2D eigenvalue weighted by Gasteiger charge is -2.32. The predicted octanol–water partition coefficient (Wildman–Crippen LogP) is 7.13. The Morgan fingerprint density at radius 2 is 0.875 bits per heavy atom. The van der Waals surface area contributed by atoms with Gasteiger partial charge in [-0.05, 0) is 88.9 Å². The van der Waals surface area contributed by atoms with E-state index in [-0.39, 0.29) is 36.0 Å². The van der Waals surface area contributed by atoms with E-state index in [1.807, 2.05) is 0 Å². The minimum atomic E-state index is -0.00627. The highest BCUT2D eigenvalue weighted by Gasteiger charge is 2.33. The zero-order valence-corrected chi connectivity index (χ0v) is 20.2.